The number of aromatic nitrogens is 3. The van der Waals surface area contributed by atoms with E-state index in [1.807, 2.05) is 42.5 Å². The van der Waals surface area contributed by atoms with Gasteiger partial charge in [-0.3, -0.25) is 24.5 Å². The third-order valence-corrected chi connectivity index (χ3v) is 4.90. The fourth-order valence-electron chi connectivity index (χ4n) is 3.64. The van der Waals surface area contributed by atoms with Gasteiger partial charge in [-0.05, 0) is 23.6 Å². The Hall–Kier alpha value is -4.33. The summed E-state index contributed by atoms with van der Waals surface area (Å²) in [6.07, 6.45) is 0. The van der Waals surface area contributed by atoms with Crippen molar-refractivity contribution in [2.75, 3.05) is 0 Å². The molecule has 1 N–H and O–H groups in total. The second kappa shape index (κ2) is 6.10. The highest BCUT2D eigenvalue weighted by atomic mass is 16.6. The predicted octanol–water partition coefficient (Wildman–Crippen LogP) is 3.24. The molecule has 3 aromatic carbocycles. The highest BCUT2D eigenvalue weighted by Crippen LogP contribution is 2.32. The second-order valence-corrected chi connectivity index (χ2v) is 6.59. The molecule has 0 unspecified atom stereocenters. The first-order chi connectivity index (χ1) is 14.0. The molecule has 8 nitrogen and oxygen atoms in total. The first-order valence-corrected chi connectivity index (χ1v) is 8.75. The Labute approximate surface area is 162 Å². The Balaban J connectivity index is 2.03. The molecular weight excluding hydrogens is 372 g/mol. The van der Waals surface area contributed by atoms with Crippen molar-refractivity contribution >= 4 is 27.4 Å². The van der Waals surface area contributed by atoms with Crippen LogP contribution in [0.2, 0.25) is 0 Å². The Morgan fingerprint density at radius 1 is 0.931 bits per heavy atom. The maximum Gasteiger partial charge on any atom is 0.349 e. The maximum absolute atomic E-state index is 12.5. The van der Waals surface area contributed by atoms with Crippen LogP contribution in [0, 0.1) is 10.1 Å². The molecule has 0 aliphatic carbocycles. The molecule has 0 spiro atoms. The van der Waals surface area contributed by atoms with E-state index in [1.165, 1.54) is 18.2 Å². The second-order valence-electron chi connectivity index (χ2n) is 6.59. The zero-order chi connectivity index (χ0) is 20.1. The standard InChI is InChI=1S/C21H12N4O4/c26-20-16-11-13-10-14(25(28)29)8-9-17(13)24(19(16)22-21(27)23-20)18-7-3-5-12-4-1-2-6-15(12)18/h1-11H,(H,23,26,27). The maximum atomic E-state index is 12.5. The number of nitrogens with one attached hydrogen (secondary N) is 1. The van der Waals surface area contributed by atoms with Crippen LogP contribution in [0.15, 0.2) is 76.3 Å². The van der Waals surface area contributed by atoms with E-state index in [9.17, 15) is 19.7 Å². The number of rotatable bonds is 2. The first-order valence-electron chi connectivity index (χ1n) is 8.75. The quantitative estimate of drug-likeness (QED) is 0.285. The number of pyridine rings is 1. The highest BCUT2D eigenvalue weighted by Gasteiger charge is 2.20. The number of nitro benzene ring substituents is 1. The molecule has 29 heavy (non-hydrogen) atoms. The van der Waals surface area contributed by atoms with Crippen LogP contribution in [0.4, 0.5) is 5.69 Å². The summed E-state index contributed by atoms with van der Waals surface area (Å²) in [5, 5.41) is 13.6. The third kappa shape index (κ3) is 2.58. The summed E-state index contributed by atoms with van der Waals surface area (Å²) in [6, 6.07) is 19.3. The Bertz CT molecular complexity index is 1530. The van der Waals surface area contributed by atoms with Crippen LogP contribution in [0.25, 0.3) is 38.8 Å². The summed E-state index contributed by atoms with van der Waals surface area (Å²) in [7, 11) is 0. The van der Waals surface area contributed by atoms with Gasteiger partial charge in [0, 0.05) is 22.9 Å². The lowest BCUT2D eigenvalue weighted by atomic mass is 10.1. The van der Waals surface area contributed by atoms with E-state index in [0.717, 1.165) is 10.8 Å². The largest absolute Gasteiger partial charge is 0.349 e. The smallest absolute Gasteiger partial charge is 0.293 e. The topological polar surface area (TPSA) is 111 Å². The van der Waals surface area contributed by atoms with E-state index in [-0.39, 0.29) is 17.1 Å². The minimum Gasteiger partial charge on any atom is -0.293 e. The molecule has 2 heterocycles. The molecule has 0 bridgehead atoms. The molecular formula is C21H12N4O4. The van der Waals surface area contributed by atoms with Crippen molar-refractivity contribution in [2.45, 2.75) is 0 Å². The van der Waals surface area contributed by atoms with E-state index in [4.69, 9.17) is 0 Å². The Morgan fingerprint density at radius 3 is 2.55 bits per heavy atom. The molecule has 2 aliphatic heterocycles. The number of hydrogen-bond acceptors (Lipinski definition) is 5. The van der Waals surface area contributed by atoms with Gasteiger partial charge in [-0.15, -0.1) is 0 Å². The molecule has 0 amide bonds. The van der Waals surface area contributed by atoms with Gasteiger partial charge in [0.1, 0.15) is 0 Å². The average Bonchev–Trinajstić information content (AvgIpc) is 2.71. The van der Waals surface area contributed by atoms with Crippen LogP contribution in [-0.4, -0.2) is 19.5 Å². The first kappa shape index (κ1) is 16.8. The van der Waals surface area contributed by atoms with Gasteiger partial charge in [-0.1, -0.05) is 36.4 Å². The van der Waals surface area contributed by atoms with Gasteiger partial charge in [0.25, 0.3) is 11.2 Å². The lowest BCUT2D eigenvalue weighted by molar-refractivity contribution is -0.384. The van der Waals surface area contributed by atoms with Crippen molar-refractivity contribution in [3.8, 4) is 17.1 Å². The van der Waals surface area contributed by atoms with E-state index in [1.54, 1.807) is 10.6 Å². The highest BCUT2D eigenvalue weighted by molar-refractivity contribution is 5.95. The van der Waals surface area contributed by atoms with E-state index >= 15 is 0 Å². The van der Waals surface area contributed by atoms with Crippen molar-refractivity contribution in [2.24, 2.45) is 0 Å². The van der Waals surface area contributed by atoms with Crippen LogP contribution in [0.3, 0.4) is 0 Å². The SMILES string of the molecule is O=c1nc2n(-c3cccc4ccccc34)c3ccc([N+](=O)[O-])cc3cc-2c(=O)[nH]1. The number of benzene rings is 3. The van der Waals surface area contributed by atoms with Crippen molar-refractivity contribution in [3.05, 3.63) is 97.7 Å². The van der Waals surface area contributed by atoms with Crippen LogP contribution in [-0.2, 0) is 0 Å². The monoisotopic (exact) mass is 384 g/mol. The van der Waals surface area contributed by atoms with E-state index in [2.05, 4.69) is 9.97 Å². The fourth-order valence-corrected chi connectivity index (χ4v) is 3.64. The zero-order valence-corrected chi connectivity index (χ0v) is 14.8. The predicted molar refractivity (Wildman–Crippen MR) is 109 cm³/mol. The third-order valence-electron chi connectivity index (χ3n) is 4.90. The van der Waals surface area contributed by atoms with Gasteiger partial charge < -0.3 is 0 Å². The summed E-state index contributed by atoms with van der Waals surface area (Å²) in [5.41, 5.74) is 0.0406. The molecule has 0 atom stereocenters. The molecule has 0 saturated carbocycles. The molecule has 0 radical (unpaired) electrons. The number of hydrogen-bond donors (Lipinski definition) is 1. The summed E-state index contributed by atoms with van der Waals surface area (Å²) in [5.74, 6) is 0.191. The van der Waals surface area contributed by atoms with Crippen LogP contribution >= 0.6 is 0 Å². The summed E-state index contributed by atoms with van der Waals surface area (Å²) in [4.78, 5) is 41.4. The van der Waals surface area contributed by atoms with Gasteiger partial charge >= 0.3 is 5.69 Å². The number of fused-ring (bicyclic) bond motifs is 3. The van der Waals surface area contributed by atoms with Crippen molar-refractivity contribution < 1.29 is 4.92 Å². The van der Waals surface area contributed by atoms with Gasteiger partial charge in [-0.25, -0.2) is 4.79 Å². The molecule has 8 heteroatoms. The lowest BCUT2D eigenvalue weighted by Crippen LogP contribution is -2.27. The average molecular weight is 384 g/mol. The van der Waals surface area contributed by atoms with Gasteiger partial charge in [0.15, 0.2) is 5.82 Å². The zero-order valence-electron chi connectivity index (χ0n) is 14.8. The van der Waals surface area contributed by atoms with Crippen LogP contribution < -0.4 is 11.2 Å². The van der Waals surface area contributed by atoms with Crippen molar-refractivity contribution in [1.82, 2.24) is 14.5 Å². The number of H-pyrrole nitrogens is 1. The molecule has 2 aliphatic rings. The van der Waals surface area contributed by atoms with Gasteiger partial charge in [0.05, 0.1) is 21.7 Å². The van der Waals surface area contributed by atoms with Crippen molar-refractivity contribution in [3.63, 3.8) is 0 Å². The van der Waals surface area contributed by atoms with Gasteiger partial charge in [-0.2, -0.15) is 4.98 Å². The number of nitrogens with zero attached hydrogens (tertiary/aromatic N) is 3. The van der Waals surface area contributed by atoms with Crippen LogP contribution in [0.1, 0.15) is 0 Å². The molecule has 3 aromatic rings. The molecule has 0 saturated heterocycles. The fraction of sp³-hybridized carbons (Fsp3) is 0. The molecule has 5 rings (SSSR count). The molecule has 0 fully saturated rings. The Kier molecular flexibility index (Phi) is 3.53. The lowest BCUT2D eigenvalue weighted by Gasteiger charge is -2.19. The Morgan fingerprint density at radius 2 is 1.72 bits per heavy atom. The number of non-ortho nitro benzene ring substituents is 1. The molecule has 0 aromatic heterocycles. The minimum absolute atomic E-state index is 0.0915. The van der Waals surface area contributed by atoms with E-state index < -0.39 is 16.2 Å². The number of aromatic amines is 1. The normalized spacial score (nSPS) is 11.3. The minimum atomic E-state index is -0.752. The van der Waals surface area contributed by atoms with Crippen molar-refractivity contribution in [1.29, 1.82) is 0 Å². The van der Waals surface area contributed by atoms with Crippen LogP contribution in [0.5, 0.6) is 0 Å². The molecule has 140 valence electrons. The summed E-state index contributed by atoms with van der Waals surface area (Å²) < 4.78 is 1.70. The van der Waals surface area contributed by atoms with E-state index in [0.29, 0.717) is 16.6 Å². The number of nitro groups is 1. The van der Waals surface area contributed by atoms with Gasteiger partial charge in [0.2, 0.25) is 0 Å². The summed E-state index contributed by atoms with van der Waals surface area (Å²) >= 11 is 0. The summed E-state index contributed by atoms with van der Waals surface area (Å²) in [6.45, 7) is 0.